The van der Waals surface area contributed by atoms with E-state index < -0.39 is 55.2 Å². The highest BCUT2D eigenvalue weighted by Gasteiger charge is 2.54. The first-order valence-electron chi connectivity index (χ1n) is 15.6. The second-order valence-electron chi connectivity index (χ2n) is 11.6. The van der Waals surface area contributed by atoms with Crippen LogP contribution in [0.25, 0.3) is 0 Å². The zero-order valence-electron chi connectivity index (χ0n) is 24.4. The van der Waals surface area contributed by atoms with Crippen LogP contribution in [0.1, 0.15) is 116 Å². The van der Waals surface area contributed by atoms with Gasteiger partial charge in [0.15, 0.2) is 0 Å². The van der Waals surface area contributed by atoms with Gasteiger partial charge in [-0.05, 0) is 19.3 Å². The van der Waals surface area contributed by atoms with Crippen LogP contribution in [-0.2, 0) is 14.3 Å². The molecule has 11 nitrogen and oxygen atoms in total. The molecule has 2 fully saturated rings. The molecular weight excluding hydrogens is 518 g/mol. The number of rotatable bonds is 20. The van der Waals surface area contributed by atoms with Crippen LogP contribution in [0.15, 0.2) is 0 Å². The van der Waals surface area contributed by atoms with Crippen molar-refractivity contribution in [2.75, 3.05) is 19.7 Å². The van der Waals surface area contributed by atoms with Gasteiger partial charge in [0, 0.05) is 25.9 Å². The molecule has 2 rings (SSSR count). The Bertz CT molecular complexity index is 723. The number of unbranched alkanes of at least 4 members (excludes halogenated alkanes) is 12. The predicted octanol–water partition coefficient (Wildman–Crippen LogP) is 1.63. The number of nitrogens with zero attached hydrogens (tertiary/aromatic N) is 1. The first-order valence-corrected chi connectivity index (χ1v) is 15.6. The summed E-state index contributed by atoms with van der Waals surface area (Å²) in [7, 11) is 0. The first kappa shape index (κ1) is 34.9. The van der Waals surface area contributed by atoms with Gasteiger partial charge in [-0.3, -0.25) is 15.0 Å². The molecule has 0 radical (unpaired) electrons. The highest BCUT2D eigenvalue weighted by Crippen LogP contribution is 2.31. The minimum absolute atomic E-state index is 0.214. The first-order chi connectivity index (χ1) is 19.2. The Balaban J connectivity index is 1.75. The van der Waals surface area contributed by atoms with E-state index in [0.717, 1.165) is 32.1 Å². The molecule has 6 atom stereocenters. The van der Waals surface area contributed by atoms with Gasteiger partial charge in [-0.25, -0.2) is 5.01 Å². The van der Waals surface area contributed by atoms with E-state index in [0.29, 0.717) is 19.5 Å². The van der Waals surface area contributed by atoms with Crippen LogP contribution in [0.4, 0.5) is 0 Å². The predicted molar refractivity (Wildman–Crippen MR) is 151 cm³/mol. The number of carbonyl (C=O) groups is 2. The molecule has 2 aliphatic heterocycles. The van der Waals surface area contributed by atoms with E-state index >= 15 is 0 Å². The van der Waals surface area contributed by atoms with Crippen molar-refractivity contribution < 1.29 is 39.9 Å². The molecule has 2 saturated heterocycles. The monoisotopic (exact) mass is 573 g/mol. The van der Waals surface area contributed by atoms with Gasteiger partial charge >= 0.3 is 0 Å². The maximum atomic E-state index is 12.8. The van der Waals surface area contributed by atoms with Crippen LogP contribution < -0.4 is 10.7 Å². The summed E-state index contributed by atoms with van der Waals surface area (Å²) in [5.41, 5.74) is 2.56. The molecule has 0 saturated carbocycles. The SMILES string of the molecule is CCCCCCCCCCCCCCCC(=O)N[C@H]1[C@H]([C@H](O)[C@H](O)CO)OC(O)(C(=O)NN2CCCC2)C[C@@H]1O. The molecule has 0 aromatic rings. The maximum Gasteiger partial charge on any atom is 0.294 e. The van der Waals surface area contributed by atoms with E-state index in [9.17, 15) is 35.1 Å². The molecule has 11 heteroatoms. The number of ether oxygens (including phenoxy) is 1. The second-order valence-corrected chi connectivity index (χ2v) is 11.6. The summed E-state index contributed by atoms with van der Waals surface area (Å²) in [5.74, 6) is -3.75. The van der Waals surface area contributed by atoms with Gasteiger partial charge in [0.05, 0.1) is 18.8 Å². The van der Waals surface area contributed by atoms with Crippen LogP contribution in [0.5, 0.6) is 0 Å². The van der Waals surface area contributed by atoms with Crippen molar-refractivity contribution in [3.05, 3.63) is 0 Å². The van der Waals surface area contributed by atoms with Crippen molar-refractivity contribution >= 4 is 11.8 Å². The van der Waals surface area contributed by atoms with E-state index in [4.69, 9.17) is 4.74 Å². The standard InChI is InChI=1S/C29H55N3O8/c1-2-3-4-5-6-7-8-9-10-11-12-13-14-17-24(36)30-25-22(34)20-29(39,28(38)31-32-18-15-16-19-32)40-27(25)26(37)23(35)21-33/h22-23,25-27,33-35,37,39H,2-21H2,1H3,(H,30,36)(H,31,38)/t22-,23+,25+,26+,27+,29?/m0/s1. The van der Waals surface area contributed by atoms with E-state index in [-0.39, 0.29) is 12.3 Å². The largest absolute Gasteiger partial charge is 0.394 e. The van der Waals surface area contributed by atoms with Gasteiger partial charge < -0.3 is 35.6 Å². The Morgan fingerprint density at radius 2 is 1.45 bits per heavy atom. The van der Waals surface area contributed by atoms with Gasteiger partial charge in [-0.15, -0.1) is 0 Å². The quantitative estimate of drug-likeness (QED) is 0.107. The Morgan fingerprint density at radius 3 is 1.98 bits per heavy atom. The lowest BCUT2D eigenvalue weighted by Gasteiger charge is -2.46. The Labute approximate surface area is 239 Å². The molecule has 1 unspecified atom stereocenters. The molecule has 234 valence electrons. The van der Waals surface area contributed by atoms with Crippen LogP contribution in [0.2, 0.25) is 0 Å². The van der Waals surface area contributed by atoms with E-state index in [1.54, 1.807) is 5.01 Å². The van der Waals surface area contributed by atoms with Crippen molar-refractivity contribution in [2.45, 2.75) is 152 Å². The molecule has 7 N–H and O–H groups in total. The fraction of sp³-hybridized carbons (Fsp3) is 0.931. The van der Waals surface area contributed by atoms with Crippen LogP contribution in [0.3, 0.4) is 0 Å². The molecule has 0 spiro atoms. The number of nitrogens with one attached hydrogen (secondary N) is 2. The minimum atomic E-state index is -2.49. The molecule has 0 aromatic heterocycles. The zero-order chi connectivity index (χ0) is 29.4. The number of aliphatic hydroxyl groups excluding tert-OH is 4. The van der Waals surface area contributed by atoms with Crippen LogP contribution in [0, 0.1) is 0 Å². The number of hydrogen-bond donors (Lipinski definition) is 7. The number of hydrazine groups is 1. The second kappa shape index (κ2) is 19.0. The maximum absolute atomic E-state index is 12.8. The van der Waals surface area contributed by atoms with Gasteiger partial charge in [0.1, 0.15) is 18.3 Å². The molecule has 2 amide bonds. The third-order valence-corrected chi connectivity index (χ3v) is 8.06. The smallest absolute Gasteiger partial charge is 0.294 e. The molecule has 0 aromatic carbocycles. The molecule has 0 aliphatic carbocycles. The average Bonchev–Trinajstić information content (AvgIpc) is 3.45. The number of hydrogen-bond acceptors (Lipinski definition) is 9. The lowest BCUT2D eigenvalue weighted by Crippen LogP contribution is -2.69. The van der Waals surface area contributed by atoms with Gasteiger partial charge in [-0.1, -0.05) is 84.0 Å². The van der Waals surface area contributed by atoms with Crippen molar-refractivity contribution in [3.8, 4) is 0 Å². The van der Waals surface area contributed by atoms with Crippen molar-refractivity contribution in [2.24, 2.45) is 0 Å². The average molecular weight is 574 g/mol. The lowest BCUT2D eigenvalue weighted by molar-refractivity contribution is -0.288. The minimum Gasteiger partial charge on any atom is -0.394 e. The summed E-state index contributed by atoms with van der Waals surface area (Å²) in [6, 6.07) is -1.19. The Kier molecular flexibility index (Phi) is 16.5. The molecular formula is C29H55N3O8. The van der Waals surface area contributed by atoms with Crippen LogP contribution in [-0.4, -0.2) is 98.3 Å². The third-order valence-electron chi connectivity index (χ3n) is 8.06. The van der Waals surface area contributed by atoms with Gasteiger partial charge in [0.2, 0.25) is 5.91 Å². The fourth-order valence-electron chi connectivity index (χ4n) is 5.53. The lowest BCUT2D eigenvalue weighted by atomic mass is 9.88. The molecule has 0 bridgehead atoms. The van der Waals surface area contributed by atoms with E-state index in [2.05, 4.69) is 17.7 Å². The van der Waals surface area contributed by atoms with Crippen molar-refractivity contribution in [3.63, 3.8) is 0 Å². The molecule has 40 heavy (non-hydrogen) atoms. The van der Waals surface area contributed by atoms with Crippen molar-refractivity contribution in [1.82, 2.24) is 15.8 Å². The molecule has 2 heterocycles. The summed E-state index contributed by atoms with van der Waals surface area (Å²) in [4.78, 5) is 25.5. The summed E-state index contributed by atoms with van der Waals surface area (Å²) in [6.07, 6.45) is 10.5. The van der Waals surface area contributed by atoms with Crippen molar-refractivity contribution in [1.29, 1.82) is 0 Å². The van der Waals surface area contributed by atoms with Gasteiger partial charge in [-0.2, -0.15) is 0 Å². The Hall–Kier alpha value is -1.34. The normalized spacial score (nSPS) is 26.9. The third kappa shape index (κ3) is 11.9. The van der Waals surface area contributed by atoms with Crippen LogP contribution >= 0.6 is 0 Å². The molecule has 2 aliphatic rings. The summed E-state index contributed by atoms with van der Waals surface area (Å²) in [5, 5.41) is 56.0. The Morgan fingerprint density at radius 1 is 0.925 bits per heavy atom. The van der Waals surface area contributed by atoms with E-state index in [1.807, 2.05) is 0 Å². The zero-order valence-corrected chi connectivity index (χ0v) is 24.4. The number of carbonyl (C=O) groups excluding carboxylic acids is 2. The highest BCUT2D eigenvalue weighted by molar-refractivity contribution is 5.83. The van der Waals surface area contributed by atoms with E-state index in [1.165, 1.54) is 57.8 Å². The van der Waals surface area contributed by atoms with Gasteiger partial charge in [0.25, 0.3) is 11.7 Å². The number of amides is 2. The summed E-state index contributed by atoms with van der Waals surface area (Å²) in [6.45, 7) is 2.64. The highest BCUT2D eigenvalue weighted by atomic mass is 16.6. The fourth-order valence-corrected chi connectivity index (χ4v) is 5.53. The summed E-state index contributed by atoms with van der Waals surface area (Å²) < 4.78 is 5.56. The number of aliphatic hydroxyl groups is 5. The summed E-state index contributed by atoms with van der Waals surface area (Å²) >= 11 is 0. The topological polar surface area (TPSA) is 172 Å².